The second kappa shape index (κ2) is 7.76. The average molecular weight is 332 g/mol. The van der Waals surface area contributed by atoms with Crippen molar-refractivity contribution in [1.82, 2.24) is 4.98 Å². The van der Waals surface area contributed by atoms with Crippen LogP contribution in [0.15, 0.2) is 47.9 Å². The van der Waals surface area contributed by atoms with E-state index >= 15 is 0 Å². The van der Waals surface area contributed by atoms with Gasteiger partial charge in [-0.2, -0.15) is 0 Å². The number of pyridine rings is 1. The minimum Gasteiger partial charge on any atom is -0.436 e. The number of para-hydroxylation sites is 1. The number of aryl methyl sites for hydroxylation is 1. The highest BCUT2D eigenvalue weighted by Crippen LogP contribution is 2.25. The zero-order valence-corrected chi connectivity index (χ0v) is 13.6. The van der Waals surface area contributed by atoms with E-state index in [4.69, 9.17) is 16.2 Å². The number of rotatable bonds is 6. The van der Waals surface area contributed by atoms with E-state index in [0.717, 1.165) is 5.56 Å². The fraction of sp³-hybridized carbons (Fsp3) is 0.235. The minimum absolute atomic E-state index is 0.101. The van der Waals surface area contributed by atoms with Crippen LogP contribution in [0, 0.1) is 12.7 Å². The van der Waals surface area contributed by atoms with Crippen LogP contribution in [-0.4, -0.2) is 22.7 Å². The first-order valence-electron chi connectivity index (χ1n) is 7.45. The van der Waals surface area contributed by atoms with Crippen LogP contribution >= 0.6 is 0 Å². The molecule has 0 radical (unpaired) electrons. The lowest BCUT2D eigenvalue weighted by Crippen LogP contribution is -2.24. The van der Waals surface area contributed by atoms with Gasteiger partial charge in [-0.1, -0.05) is 12.1 Å². The van der Waals surface area contributed by atoms with Crippen molar-refractivity contribution < 1.29 is 14.2 Å². The molecule has 0 saturated carbocycles. The van der Waals surface area contributed by atoms with Crippen LogP contribution < -0.4 is 21.5 Å². The lowest BCUT2D eigenvalue weighted by Gasteiger charge is -2.16. The quantitative estimate of drug-likeness (QED) is 0.646. The van der Waals surface area contributed by atoms with Gasteiger partial charge in [0.15, 0.2) is 11.6 Å². The molecule has 0 bridgehead atoms. The third kappa shape index (κ3) is 4.21. The lowest BCUT2D eigenvalue weighted by molar-refractivity contribution is 0.228. The van der Waals surface area contributed by atoms with Gasteiger partial charge < -0.3 is 26.6 Å². The molecule has 128 valence electrons. The molecular formula is C17H21FN4O2. The van der Waals surface area contributed by atoms with E-state index in [-0.39, 0.29) is 24.0 Å². The molecule has 7 heteroatoms. The number of benzene rings is 1. The van der Waals surface area contributed by atoms with E-state index in [1.54, 1.807) is 25.1 Å². The molecule has 0 spiro atoms. The normalized spacial score (nSPS) is 13.2. The summed E-state index contributed by atoms with van der Waals surface area (Å²) < 4.78 is 19.0. The largest absolute Gasteiger partial charge is 0.436 e. The van der Waals surface area contributed by atoms with Gasteiger partial charge in [-0.15, -0.1) is 0 Å². The number of anilines is 1. The van der Waals surface area contributed by atoms with Crippen LogP contribution in [0.4, 0.5) is 10.1 Å². The summed E-state index contributed by atoms with van der Waals surface area (Å²) in [5.74, 6) is 0.181. The first kappa shape index (κ1) is 17.7. The van der Waals surface area contributed by atoms with Crippen LogP contribution in [0.2, 0.25) is 0 Å². The smallest absolute Gasteiger partial charge is 0.219 e. The van der Waals surface area contributed by atoms with Crippen molar-refractivity contribution in [3.05, 3.63) is 59.3 Å². The van der Waals surface area contributed by atoms with Gasteiger partial charge in [-0.05, 0) is 31.5 Å². The molecule has 0 saturated heterocycles. The van der Waals surface area contributed by atoms with Gasteiger partial charge >= 0.3 is 0 Å². The molecule has 6 N–H and O–H groups in total. The molecule has 1 atom stereocenters. The summed E-state index contributed by atoms with van der Waals surface area (Å²) in [4.78, 5) is 4.14. The summed E-state index contributed by atoms with van der Waals surface area (Å²) in [6.45, 7) is 3.56. The van der Waals surface area contributed by atoms with Crippen LogP contribution in [0.1, 0.15) is 12.5 Å². The number of aliphatic hydroxyl groups excluding tert-OH is 1. The zero-order valence-electron chi connectivity index (χ0n) is 13.6. The van der Waals surface area contributed by atoms with Gasteiger partial charge in [0.2, 0.25) is 5.88 Å². The van der Waals surface area contributed by atoms with E-state index in [1.807, 2.05) is 6.92 Å². The van der Waals surface area contributed by atoms with Gasteiger partial charge in [0, 0.05) is 18.2 Å². The molecule has 0 aliphatic carbocycles. The fourth-order valence-electron chi connectivity index (χ4n) is 2.09. The standard InChI is InChI=1S/C17H21FN4O2/c1-10-7-16(24-15-6-4-3-5-13(15)18)21-9-14(10)22-17(20)12(8-19)11(2)23/h3-7,9,11,22-23H,8,19-20H2,1-2H3/b17-12+. The number of ether oxygens (including phenoxy) is 1. The van der Waals surface area contributed by atoms with E-state index in [9.17, 15) is 9.50 Å². The zero-order chi connectivity index (χ0) is 17.7. The summed E-state index contributed by atoms with van der Waals surface area (Å²) in [5, 5.41) is 12.6. The average Bonchev–Trinajstić information content (AvgIpc) is 2.52. The predicted octanol–water partition coefficient (Wildman–Crippen LogP) is 2.24. The summed E-state index contributed by atoms with van der Waals surface area (Å²) >= 11 is 0. The van der Waals surface area contributed by atoms with Crippen molar-refractivity contribution in [2.24, 2.45) is 11.5 Å². The third-order valence-electron chi connectivity index (χ3n) is 3.48. The Balaban J connectivity index is 2.20. The molecule has 24 heavy (non-hydrogen) atoms. The molecule has 1 unspecified atom stereocenters. The summed E-state index contributed by atoms with van der Waals surface area (Å²) in [6.07, 6.45) is 0.772. The summed E-state index contributed by atoms with van der Waals surface area (Å²) in [6, 6.07) is 7.76. The number of nitrogens with zero attached hydrogens (tertiary/aromatic N) is 1. The van der Waals surface area contributed by atoms with Gasteiger partial charge in [0.1, 0.15) is 5.82 Å². The first-order valence-corrected chi connectivity index (χ1v) is 7.45. The number of nitrogens with two attached hydrogens (primary N) is 2. The molecule has 0 fully saturated rings. The van der Waals surface area contributed by atoms with Gasteiger partial charge in [-0.3, -0.25) is 0 Å². The first-order chi connectivity index (χ1) is 11.4. The number of aliphatic hydroxyl groups is 1. The molecular weight excluding hydrogens is 311 g/mol. The monoisotopic (exact) mass is 332 g/mol. The van der Waals surface area contributed by atoms with Crippen molar-refractivity contribution in [3.63, 3.8) is 0 Å². The maximum atomic E-state index is 13.6. The van der Waals surface area contributed by atoms with Gasteiger partial charge in [0.05, 0.1) is 18.0 Å². The van der Waals surface area contributed by atoms with Crippen molar-refractivity contribution >= 4 is 5.69 Å². The van der Waals surface area contributed by atoms with Crippen molar-refractivity contribution in [1.29, 1.82) is 0 Å². The molecule has 1 aromatic heterocycles. The van der Waals surface area contributed by atoms with Crippen LogP contribution in [-0.2, 0) is 0 Å². The van der Waals surface area contributed by atoms with E-state index in [0.29, 0.717) is 11.3 Å². The molecule has 1 heterocycles. The Kier molecular flexibility index (Phi) is 5.73. The minimum atomic E-state index is -0.751. The van der Waals surface area contributed by atoms with Crippen molar-refractivity contribution in [2.45, 2.75) is 20.0 Å². The Labute approximate surface area is 140 Å². The highest BCUT2D eigenvalue weighted by Gasteiger charge is 2.11. The fourth-order valence-corrected chi connectivity index (χ4v) is 2.09. The number of hydrogen-bond acceptors (Lipinski definition) is 6. The Morgan fingerprint density at radius 2 is 2.12 bits per heavy atom. The van der Waals surface area contributed by atoms with Crippen molar-refractivity contribution in [2.75, 3.05) is 11.9 Å². The Bertz CT molecular complexity index is 747. The van der Waals surface area contributed by atoms with Crippen LogP contribution in [0.5, 0.6) is 11.6 Å². The van der Waals surface area contributed by atoms with Gasteiger partial charge in [0.25, 0.3) is 0 Å². The Hall–Kier alpha value is -2.64. The molecule has 0 aliphatic rings. The van der Waals surface area contributed by atoms with E-state index in [1.165, 1.54) is 18.3 Å². The molecule has 0 amide bonds. The third-order valence-corrected chi connectivity index (χ3v) is 3.48. The molecule has 2 aromatic rings. The Morgan fingerprint density at radius 1 is 1.42 bits per heavy atom. The SMILES string of the molecule is Cc1cc(Oc2ccccc2F)ncc1N/C(N)=C(\CN)C(C)O. The maximum Gasteiger partial charge on any atom is 0.219 e. The van der Waals surface area contributed by atoms with Crippen molar-refractivity contribution in [3.8, 4) is 11.6 Å². The number of halogens is 1. The highest BCUT2D eigenvalue weighted by molar-refractivity contribution is 5.54. The highest BCUT2D eigenvalue weighted by atomic mass is 19.1. The molecule has 0 aliphatic heterocycles. The second-order valence-electron chi connectivity index (χ2n) is 5.31. The van der Waals surface area contributed by atoms with Gasteiger partial charge in [-0.25, -0.2) is 9.37 Å². The predicted molar refractivity (Wildman–Crippen MR) is 91.0 cm³/mol. The topological polar surface area (TPSA) is 106 Å². The second-order valence-corrected chi connectivity index (χ2v) is 5.31. The number of aromatic nitrogens is 1. The Morgan fingerprint density at radius 3 is 2.71 bits per heavy atom. The molecule has 2 rings (SSSR count). The van der Waals surface area contributed by atoms with Crippen LogP contribution in [0.25, 0.3) is 0 Å². The molecule has 6 nitrogen and oxygen atoms in total. The number of hydrogen-bond donors (Lipinski definition) is 4. The van der Waals surface area contributed by atoms with E-state index in [2.05, 4.69) is 10.3 Å². The summed E-state index contributed by atoms with van der Waals surface area (Å²) in [5.41, 5.74) is 13.4. The lowest BCUT2D eigenvalue weighted by atomic mass is 10.1. The van der Waals surface area contributed by atoms with E-state index < -0.39 is 11.9 Å². The maximum absolute atomic E-state index is 13.6. The number of nitrogens with one attached hydrogen (secondary N) is 1. The molecule has 1 aromatic carbocycles. The summed E-state index contributed by atoms with van der Waals surface area (Å²) in [7, 11) is 0. The van der Waals surface area contributed by atoms with Crippen LogP contribution in [0.3, 0.4) is 0 Å².